The molecule has 0 saturated heterocycles. The van der Waals surface area contributed by atoms with Gasteiger partial charge in [0.15, 0.2) is 0 Å². The highest BCUT2D eigenvalue weighted by Gasteiger charge is 2.07. The maximum atomic E-state index is 11.2. The Morgan fingerprint density at radius 1 is 1.46 bits per heavy atom. The molecule has 0 fully saturated rings. The standard InChI is InChI=1S/C9H17ClN2O/c1-4-11-9(13)7-12(5-2)6-8(3)10/h3-7H2,1-2H3,(H,11,13). The van der Waals surface area contributed by atoms with Crippen molar-refractivity contribution in [3.05, 3.63) is 11.6 Å². The number of nitrogens with zero attached hydrogens (tertiary/aromatic N) is 1. The fourth-order valence-corrected chi connectivity index (χ4v) is 1.15. The van der Waals surface area contributed by atoms with E-state index in [1.165, 1.54) is 0 Å². The molecule has 0 heterocycles. The minimum atomic E-state index is 0.0299. The lowest BCUT2D eigenvalue weighted by atomic mass is 10.4. The van der Waals surface area contributed by atoms with E-state index in [1.807, 2.05) is 18.7 Å². The lowest BCUT2D eigenvalue weighted by Gasteiger charge is -2.18. The highest BCUT2D eigenvalue weighted by Crippen LogP contribution is 2.00. The van der Waals surface area contributed by atoms with Crippen LogP contribution in [-0.4, -0.2) is 37.0 Å². The zero-order valence-electron chi connectivity index (χ0n) is 8.27. The molecule has 3 nitrogen and oxygen atoms in total. The Hall–Kier alpha value is -0.540. The summed E-state index contributed by atoms with van der Waals surface area (Å²) in [6, 6.07) is 0. The predicted octanol–water partition coefficient (Wildman–Crippen LogP) is 1.20. The van der Waals surface area contributed by atoms with Crippen molar-refractivity contribution in [1.82, 2.24) is 10.2 Å². The van der Waals surface area contributed by atoms with Crippen LogP contribution in [0.25, 0.3) is 0 Å². The van der Waals surface area contributed by atoms with Gasteiger partial charge < -0.3 is 5.32 Å². The molecular formula is C9H17ClN2O. The summed E-state index contributed by atoms with van der Waals surface area (Å²) in [6.07, 6.45) is 0. The van der Waals surface area contributed by atoms with Crippen LogP contribution in [0.2, 0.25) is 0 Å². The third-order valence-corrected chi connectivity index (χ3v) is 1.70. The number of nitrogens with one attached hydrogen (secondary N) is 1. The van der Waals surface area contributed by atoms with Crippen molar-refractivity contribution < 1.29 is 4.79 Å². The van der Waals surface area contributed by atoms with Gasteiger partial charge in [-0.15, -0.1) is 0 Å². The summed E-state index contributed by atoms with van der Waals surface area (Å²) in [5.74, 6) is 0.0299. The van der Waals surface area contributed by atoms with Gasteiger partial charge in [-0.25, -0.2) is 0 Å². The van der Waals surface area contributed by atoms with Crippen LogP contribution in [0.5, 0.6) is 0 Å². The van der Waals surface area contributed by atoms with Crippen LogP contribution in [0.3, 0.4) is 0 Å². The molecule has 76 valence electrons. The Balaban J connectivity index is 3.83. The van der Waals surface area contributed by atoms with E-state index in [2.05, 4.69) is 11.9 Å². The minimum Gasteiger partial charge on any atom is -0.355 e. The summed E-state index contributed by atoms with van der Waals surface area (Å²) in [6.45, 7) is 9.88. The fourth-order valence-electron chi connectivity index (χ4n) is 0.978. The van der Waals surface area contributed by atoms with Crippen LogP contribution < -0.4 is 5.32 Å². The Morgan fingerprint density at radius 3 is 2.46 bits per heavy atom. The zero-order valence-corrected chi connectivity index (χ0v) is 9.02. The zero-order chi connectivity index (χ0) is 10.3. The first-order chi connectivity index (χ1) is 6.10. The van der Waals surface area contributed by atoms with Crippen molar-refractivity contribution >= 4 is 17.5 Å². The van der Waals surface area contributed by atoms with Gasteiger partial charge in [-0.05, 0) is 13.5 Å². The number of carbonyl (C=O) groups is 1. The number of amides is 1. The minimum absolute atomic E-state index is 0.0299. The topological polar surface area (TPSA) is 32.3 Å². The molecule has 0 aromatic heterocycles. The number of hydrogen-bond acceptors (Lipinski definition) is 2. The van der Waals surface area contributed by atoms with Crippen LogP contribution in [0.4, 0.5) is 0 Å². The van der Waals surface area contributed by atoms with Crippen LogP contribution in [-0.2, 0) is 4.79 Å². The molecule has 0 atom stereocenters. The summed E-state index contributed by atoms with van der Waals surface area (Å²) in [5, 5.41) is 3.29. The fraction of sp³-hybridized carbons (Fsp3) is 0.667. The number of rotatable bonds is 6. The number of halogens is 1. The maximum absolute atomic E-state index is 11.2. The lowest BCUT2D eigenvalue weighted by molar-refractivity contribution is -0.122. The van der Waals surface area contributed by atoms with E-state index in [4.69, 9.17) is 11.6 Å². The average Bonchev–Trinajstić information content (AvgIpc) is 2.02. The molecule has 0 bridgehead atoms. The van der Waals surface area contributed by atoms with Crippen LogP contribution >= 0.6 is 11.6 Å². The van der Waals surface area contributed by atoms with Gasteiger partial charge in [-0.3, -0.25) is 9.69 Å². The van der Waals surface area contributed by atoms with Gasteiger partial charge in [-0.2, -0.15) is 0 Å². The highest BCUT2D eigenvalue weighted by atomic mass is 35.5. The summed E-state index contributed by atoms with van der Waals surface area (Å²) in [4.78, 5) is 13.1. The Kier molecular flexibility index (Phi) is 6.63. The molecule has 0 rings (SSSR count). The summed E-state index contributed by atoms with van der Waals surface area (Å²) in [7, 11) is 0. The molecule has 0 unspecified atom stereocenters. The number of likely N-dealkylation sites (N-methyl/N-ethyl adjacent to an activating group) is 2. The van der Waals surface area contributed by atoms with Crippen molar-refractivity contribution in [3.63, 3.8) is 0 Å². The molecule has 1 amide bonds. The molecule has 0 aliphatic rings. The second kappa shape index (κ2) is 6.92. The van der Waals surface area contributed by atoms with Crippen molar-refractivity contribution in [2.45, 2.75) is 13.8 Å². The first-order valence-electron chi connectivity index (χ1n) is 4.42. The molecule has 0 aromatic carbocycles. The largest absolute Gasteiger partial charge is 0.355 e. The Bertz CT molecular complexity index is 182. The smallest absolute Gasteiger partial charge is 0.234 e. The summed E-state index contributed by atoms with van der Waals surface area (Å²) >= 11 is 5.64. The van der Waals surface area contributed by atoms with Crippen LogP contribution in [0.1, 0.15) is 13.8 Å². The lowest BCUT2D eigenvalue weighted by Crippen LogP contribution is -2.37. The molecule has 4 heteroatoms. The molecule has 0 spiro atoms. The molecule has 0 saturated carbocycles. The molecule has 0 aliphatic carbocycles. The van der Waals surface area contributed by atoms with E-state index in [0.29, 0.717) is 24.7 Å². The van der Waals surface area contributed by atoms with E-state index >= 15 is 0 Å². The second-order valence-corrected chi connectivity index (χ2v) is 3.31. The van der Waals surface area contributed by atoms with Crippen molar-refractivity contribution in [2.24, 2.45) is 0 Å². The van der Waals surface area contributed by atoms with Gasteiger partial charge in [0.25, 0.3) is 0 Å². The van der Waals surface area contributed by atoms with Gasteiger partial charge >= 0.3 is 0 Å². The molecule has 0 radical (unpaired) electrons. The first kappa shape index (κ1) is 12.5. The molecule has 13 heavy (non-hydrogen) atoms. The van der Waals surface area contributed by atoms with E-state index in [0.717, 1.165) is 6.54 Å². The normalized spacial score (nSPS) is 10.2. The summed E-state index contributed by atoms with van der Waals surface area (Å²) < 4.78 is 0. The molecule has 0 aliphatic heterocycles. The van der Waals surface area contributed by atoms with Gasteiger partial charge in [0, 0.05) is 18.1 Å². The molecular weight excluding hydrogens is 188 g/mol. The Labute approximate surface area is 84.7 Å². The van der Waals surface area contributed by atoms with E-state index in [-0.39, 0.29) is 5.91 Å². The first-order valence-corrected chi connectivity index (χ1v) is 4.80. The van der Waals surface area contributed by atoms with Gasteiger partial charge in [-0.1, -0.05) is 25.1 Å². The quantitative estimate of drug-likeness (QED) is 0.705. The molecule has 1 N–H and O–H groups in total. The Morgan fingerprint density at radius 2 is 2.08 bits per heavy atom. The highest BCUT2D eigenvalue weighted by molar-refractivity contribution is 6.29. The van der Waals surface area contributed by atoms with E-state index in [1.54, 1.807) is 0 Å². The van der Waals surface area contributed by atoms with Crippen LogP contribution in [0, 0.1) is 0 Å². The van der Waals surface area contributed by atoms with E-state index < -0.39 is 0 Å². The van der Waals surface area contributed by atoms with Gasteiger partial charge in [0.2, 0.25) is 5.91 Å². The number of carbonyl (C=O) groups excluding carboxylic acids is 1. The van der Waals surface area contributed by atoms with Gasteiger partial charge in [0.05, 0.1) is 6.54 Å². The monoisotopic (exact) mass is 204 g/mol. The van der Waals surface area contributed by atoms with Gasteiger partial charge in [0.1, 0.15) is 0 Å². The van der Waals surface area contributed by atoms with Crippen molar-refractivity contribution in [3.8, 4) is 0 Å². The molecule has 0 aromatic rings. The maximum Gasteiger partial charge on any atom is 0.234 e. The van der Waals surface area contributed by atoms with Crippen molar-refractivity contribution in [2.75, 3.05) is 26.2 Å². The summed E-state index contributed by atoms with van der Waals surface area (Å²) in [5.41, 5.74) is 0. The van der Waals surface area contributed by atoms with E-state index in [9.17, 15) is 4.79 Å². The second-order valence-electron chi connectivity index (χ2n) is 2.77. The predicted molar refractivity (Wildman–Crippen MR) is 55.8 cm³/mol. The average molecular weight is 205 g/mol. The SMILES string of the molecule is C=C(Cl)CN(CC)CC(=O)NCC. The third kappa shape index (κ3) is 6.61. The van der Waals surface area contributed by atoms with Crippen LogP contribution in [0.15, 0.2) is 11.6 Å². The third-order valence-electron chi connectivity index (χ3n) is 1.58. The number of hydrogen-bond donors (Lipinski definition) is 1. The van der Waals surface area contributed by atoms with Crippen molar-refractivity contribution in [1.29, 1.82) is 0 Å².